The van der Waals surface area contributed by atoms with Gasteiger partial charge in [0.25, 0.3) is 0 Å². The maximum absolute atomic E-state index is 10.6. The topological polar surface area (TPSA) is 72.6 Å². The van der Waals surface area contributed by atoms with Crippen molar-refractivity contribution in [2.45, 2.75) is 25.3 Å². The van der Waals surface area contributed by atoms with Crippen molar-refractivity contribution in [3.05, 3.63) is 28.2 Å². The summed E-state index contributed by atoms with van der Waals surface area (Å²) in [6.07, 6.45) is 2.42. The number of carboxylic acids is 1. The van der Waals surface area contributed by atoms with Gasteiger partial charge in [-0.1, -0.05) is 6.07 Å². The minimum absolute atomic E-state index is 0.0747. The normalized spacial score (nSPS) is 16.3. The fourth-order valence-electron chi connectivity index (χ4n) is 1.66. The standard InChI is InChI=1S/C13H16BrNO3/c14-10-5-9(11(15)6-13(16)17)3-4-12(10)18-7-8-1-2-8/h3-5,8,11H,1-2,6-7,15H2,(H,16,17). The Labute approximate surface area is 114 Å². The van der Waals surface area contributed by atoms with E-state index in [0.717, 1.165) is 22.4 Å². The number of nitrogens with two attached hydrogens (primary N) is 1. The van der Waals surface area contributed by atoms with Gasteiger partial charge < -0.3 is 15.6 Å². The summed E-state index contributed by atoms with van der Waals surface area (Å²) >= 11 is 3.42. The average molecular weight is 314 g/mol. The smallest absolute Gasteiger partial charge is 0.305 e. The predicted molar refractivity (Wildman–Crippen MR) is 71.5 cm³/mol. The highest BCUT2D eigenvalue weighted by atomic mass is 79.9. The van der Waals surface area contributed by atoms with Crippen molar-refractivity contribution in [1.82, 2.24) is 0 Å². The van der Waals surface area contributed by atoms with Crippen LogP contribution in [0, 0.1) is 5.92 Å². The van der Waals surface area contributed by atoms with Gasteiger partial charge in [0.15, 0.2) is 0 Å². The number of carbonyl (C=O) groups is 1. The summed E-state index contributed by atoms with van der Waals surface area (Å²) in [4.78, 5) is 10.6. The van der Waals surface area contributed by atoms with Gasteiger partial charge in [0.1, 0.15) is 5.75 Å². The van der Waals surface area contributed by atoms with Gasteiger partial charge in [-0.25, -0.2) is 0 Å². The molecule has 0 aromatic heterocycles. The summed E-state index contributed by atoms with van der Waals surface area (Å²) in [5.74, 6) is 0.590. The second kappa shape index (κ2) is 5.71. The average Bonchev–Trinajstić information content (AvgIpc) is 3.10. The van der Waals surface area contributed by atoms with Gasteiger partial charge in [0, 0.05) is 6.04 Å². The summed E-state index contributed by atoms with van der Waals surface area (Å²) < 4.78 is 6.49. The highest BCUT2D eigenvalue weighted by molar-refractivity contribution is 9.10. The molecule has 1 aromatic rings. The summed E-state index contributed by atoms with van der Waals surface area (Å²) in [6, 6.07) is 5.00. The molecule has 1 aliphatic carbocycles. The number of rotatable bonds is 6. The molecule has 0 amide bonds. The Kier molecular flexibility index (Phi) is 4.24. The van der Waals surface area contributed by atoms with E-state index in [4.69, 9.17) is 15.6 Å². The van der Waals surface area contributed by atoms with Crippen LogP contribution in [-0.2, 0) is 4.79 Å². The molecule has 1 saturated carbocycles. The van der Waals surface area contributed by atoms with Crippen molar-refractivity contribution >= 4 is 21.9 Å². The highest BCUT2D eigenvalue weighted by Crippen LogP contribution is 2.33. The van der Waals surface area contributed by atoms with Crippen molar-refractivity contribution in [3.63, 3.8) is 0 Å². The zero-order valence-corrected chi connectivity index (χ0v) is 11.5. The number of halogens is 1. The summed E-state index contributed by atoms with van der Waals surface area (Å²) in [6.45, 7) is 0.749. The van der Waals surface area contributed by atoms with Crippen molar-refractivity contribution in [2.24, 2.45) is 11.7 Å². The molecule has 98 valence electrons. The molecule has 0 heterocycles. The number of ether oxygens (including phenoxy) is 1. The lowest BCUT2D eigenvalue weighted by Gasteiger charge is -2.13. The molecule has 0 aliphatic heterocycles. The minimum atomic E-state index is -0.896. The van der Waals surface area contributed by atoms with Gasteiger partial charge in [0.05, 0.1) is 17.5 Å². The molecule has 0 spiro atoms. The Morgan fingerprint density at radius 3 is 2.83 bits per heavy atom. The number of hydrogen-bond donors (Lipinski definition) is 2. The monoisotopic (exact) mass is 313 g/mol. The molecule has 4 nitrogen and oxygen atoms in total. The fourth-order valence-corrected chi connectivity index (χ4v) is 2.17. The molecule has 5 heteroatoms. The Morgan fingerprint density at radius 2 is 2.28 bits per heavy atom. The molecule has 3 N–H and O–H groups in total. The first-order chi connectivity index (χ1) is 8.56. The molecule has 1 fully saturated rings. The van der Waals surface area contributed by atoms with Crippen LogP contribution < -0.4 is 10.5 Å². The first-order valence-corrected chi connectivity index (χ1v) is 6.75. The maximum atomic E-state index is 10.6. The predicted octanol–water partition coefficient (Wildman–Crippen LogP) is 2.71. The van der Waals surface area contributed by atoms with E-state index >= 15 is 0 Å². The van der Waals surface area contributed by atoms with Crippen LogP contribution in [0.15, 0.2) is 22.7 Å². The largest absolute Gasteiger partial charge is 0.492 e. The molecule has 2 rings (SSSR count). The van der Waals surface area contributed by atoms with E-state index in [-0.39, 0.29) is 6.42 Å². The summed E-state index contributed by atoms with van der Waals surface area (Å²) in [5, 5.41) is 8.70. The quantitative estimate of drug-likeness (QED) is 0.847. The molecule has 0 radical (unpaired) electrons. The van der Waals surface area contributed by atoms with Gasteiger partial charge >= 0.3 is 5.97 Å². The van der Waals surface area contributed by atoms with E-state index in [1.54, 1.807) is 0 Å². The van der Waals surface area contributed by atoms with Crippen molar-refractivity contribution in [3.8, 4) is 5.75 Å². The Balaban J connectivity index is 2.00. The van der Waals surface area contributed by atoms with Crippen molar-refractivity contribution in [1.29, 1.82) is 0 Å². The molecule has 1 unspecified atom stereocenters. The summed E-state index contributed by atoms with van der Waals surface area (Å²) in [5.41, 5.74) is 6.60. The second-order valence-electron chi connectivity index (χ2n) is 4.65. The van der Waals surface area contributed by atoms with Gasteiger partial charge in [-0.05, 0) is 52.4 Å². The number of hydrogen-bond acceptors (Lipinski definition) is 3. The third-order valence-electron chi connectivity index (χ3n) is 2.95. The number of carboxylic acid groups (broad SMARTS) is 1. The van der Waals surface area contributed by atoms with Crippen LogP contribution in [0.2, 0.25) is 0 Å². The van der Waals surface area contributed by atoms with E-state index < -0.39 is 12.0 Å². The zero-order valence-electron chi connectivity index (χ0n) is 9.93. The number of aliphatic carboxylic acids is 1. The maximum Gasteiger partial charge on any atom is 0.305 e. The lowest BCUT2D eigenvalue weighted by Crippen LogP contribution is -2.15. The van der Waals surface area contributed by atoms with Gasteiger partial charge in [-0.2, -0.15) is 0 Å². The van der Waals surface area contributed by atoms with Crippen LogP contribution >= 0.6 is 15.9 Å². The van der Waals surface area contributed by atoms with Crippen LogP contribution in [0.25, 0.3) is 0 Å². The van der Waals surface area contributed by atoms with Crippen molar-refractivity contribution < 1.29 is 14.6 Å². The third kappa shape index (κ3) is 3.71. The van der Waals surface area contributed by atoms with E-state index in [1.165, 1.54) is 12.8 Å². The highest BCUT2D eigenvalue weighted by Gasteiger charge is 2.22. The van der Waals surface area contributed by atoms with E-state index in [1.807, 2.05) is 18.2 Å². The van der Waals surface area contributed by atoms with Crippen LogP contribution in [0.4, 0.5) is 0 Å². The molecular weight excluding hydrogens is 298 g/mol. The van der Waals surface area contributed by atoms with Crippen LogP contribution in [0.5, 0.6) is 5.75 Å². The Morgan fingerprint density at radius 1 is 1.56 bits per heavy atom. The van der Waals surface area contributed by atoms with Crippen molar-refractivity contribution in [2.75, 3.05) is 6.61 Å². The fraction of sp³-hybridized carbons (Fsp3) is 0.462. The van der Waals surface area contributed by atoms with E-state index in [2.05, 4.69) is 15.9 Å². The van der Waals surface area contributed by atoms with E-state index in [0.29, 0.717) is 5.92 Å². The van der Waals surface area contributed by atoms with Crippen LogP contribution in [-0.4, -0.2) is 17.7 Å². The molecule has 18 heavy (non-hydrogen) atoms. The molecule has 1 atom stereocenters. The minimum Gasteiger partial charge on any atom is -0.492 e. The van der Waals surface area contributed by atoms with E-state index in [9.17, 15) is 4.79 Å². The molecular formula is C13H16BrNO3. The van der Waals surface area contributed by atoms with Gasteiger partial charge in [0.2, 0.25) is 0 Å². The molecule has 1 aromatic carbocycles. The van der Waals surface area contributed by atoms with Gasteiger partial charge in [-0.15, -0.1) is 0 Å². The van der Waals surface area contributed by atoms with Crippen LogP contribution in [0.1, 0.15) is 30.9 Å². The number of benzene rings is 1. The lowest BCUT2D eigenvalue weighted by atomic mass is 10.0. The summed E-state index contributed by atoms with van der Waals surface area (Å²) in [7, 11) is 0. The second-order valence-corrected chi connectivity index (χ2v) is 5.50. The first-order valence-electron chi connectivity index (χ1n) is 5.96. The Hall–Kier alpha value is -1.07. The zero-order chi connectivity index (χ0) is 13.1. The SMILES string of the molecule is NC(CC(=O)O)c1ccc(OCC2CC2)c(Br)c1. The Bertz CT molecular complexity index is 446. The third-order valence-corrected chi connectivity index (χ3v) is 3.57. The molecule has 1 aliphatic rings. The van der Waals surface area contributed by atoms with Crippen LogP contribution in [0.3, 0.4) is 0 Å². The molecule has 0 bridgehead atoms. The lowest BCUT2D eigenvalue weighted by molar-refractivity contribution is -0.137. The van der Waals surface area contributed by atoms with Gasteiger partial charge in [-0.3, -0.25) is 4.79 Å². The molecule has 0 saturated heterocycles. The first kappa shape index (κ1) is 13.4.